The Balaban J connectivity index is 2.43. The maximum atomic E-state index is 12.6. The SMILES string of the molecule is Cc1ccc(C)c2c1C(=O)c1cccc(N)c1C2=O. The van der Waals surface area contributed by atoms with Crippen molar-refractivity contribution in [2.75, 3.05) is 5.73 Å². The Hall–Kier alpha value is -2.42. The number of ketones is 2. The highest BCUT2D eigenvalue weighted by Gasteiger charge is 2.33. The second-order valence-corrected chi connectivity index (χ2v) is 4.88. The first-order valence-corrected chi connectivity index (χ1v) is 6.10. The normalized spacial score (nSPS) is 13.2. The minimum absolute atomic E-state index is 0.113. The van der Waals surface area contributed by atoms with Gasteiger partial charge in [-0.15, -0.1) is 0 Å². The third-order valence-electron chi connectivity index (χ3n) is 3.64. The molecule has 3 rings (SSSR count). The Bertz CT molecular complexity index is 745. The molecule has 0 aromatic heterocycles. The van der Waals surface area contributed by atoms with Crippen molar-refractivity contribution in [2.45, 2.75) is 13.8 Å². The van der Waals surface area contributed by atoms with E-state index < -0.39 is 0 Å². The number of anilines is 1. The molecule has 0 radical (unpaired) electrons. The fraction of sp³-hybridized carbons (Fsp3) is 0.125. The van der Waals surface area contributed by atoms with Gasteiger partial charge in [0, 0.05) is 22.4 Å². The minimum atomic E-state index is -0.149. The molecule has 0 saturated heterocycles. The molecule has 3 heteroatoms. The molecular formula is C16H13NO2. The van der Waals surface area contributed by atoms with E-state index in [4.69, 9.17) is 5.73 Å². The van der Waals surface area contributed by atoms with Crippen LogP contribution in [0.3, 0.4) is 0 Å². The van der Waals surface area contributed by atoms with Gasteiger partial charge in [0.15, 0.2) is 11.6 Å². The molecule has 0 atom stereocenters. The van der Waals surface area contributed by atoms with Gasteiger partial charge in [0.1, 0.15) is 0 Å². The Morgan fingerprint density at radius 2 is 1.37 bits per heavy atom. The molecular weight excluding hydrogens is 238 g/mol. The van der Waals surface area contributed by atoms with Gasteiger partial charge in [-0.2, -0.15) is 0 Å². The Morgan fingerprint density at radius 3 is 2.00 bits per heavy atom. The summed E-state index contributed by atoms with van der Waals surface area (Å²) >= 11 is 0. The number of rotatable bonds is 0. The summed E-state index contributed by atoms with van der Waals surface area (Å²) in [4.78, 5) is 25.2. The van der Waals surface area contributed by atoms with E-state index in [2.05, 4.69) is 0 Å². The van der Waals surface area contributed by atoms with Gasteiger partial charge < -0.3 is 5.73 Å². The van der Waals surface area contributed by atoms with E-state index in [-0.39, 0.29) is 11.6 Å². The number of nitrogen functional groups attached to an aromatic ring is 1. The quantitative estimate of drug-likeness (QED) is 0.625. The van der Waals surface area contributed by atoms with E-state index in [1.165, 1.54) is 0 Å². The summed E-state index contributed by atoms with van der Waals surface area (Å²) in [7, 11) is 0. The highest BCUT2D eigenvalue weighted by molar-refractivity contribution is 6.30. The smallest absolute Gasteiger partial charge is 0.196 e. The van der Waals surface area contributed by atoms with Crippen molar-refractivity contribution < 1.29 is 9.59 Å². The van der Waals surface area contributed by atoms with Crippen LogP contribution in [-0.4, -0.2) is 11.6 Å². The van der Waals surface area contributed by atoms with E-state index in [0.717, 1.165) is 11.1 Å². The van der Waals surface area contributed by atoms with Gasteiger partial charge in [0.05, 0.1) is 5.56 Å². The first-order valence-electron chi connectivity index (χ1n) is 6.10. The molecule has 19 heavy (non-hydrogen) atoms. The largest absolute Gasteiger partial charge is 0.398 e. The van der Waals surface area contributed by atoms with Crippen molar-refractivity contribution in [3.63, 3.8) is 0 Å². The van der Waals surface area contributed by atoms with Crippen molar-refractivity contribution in [1.82, 2.24) is 0 Å². The topological polar surface area (TPSA) is 60.2 Å². The molecule has 0 saturated carbocycles. The second-order valence-electron chi connectivity index (χ2n) is 4.88. The Morgan fingerprint density at radius 1 is 0.789 bits per heavy atom. The maximum Gasteiger partial charge on any atom is 0.196 e. The highest BCUT2D eigenvalue weighted by atomic mass is 16.1. The number of carbonyl (C=O) groups is 2. The molecule has 2 aromatic rings. The summed E-state index contributed by atoms with van der Waals surface area (Å²) < 4.78 is 0. The molecule has 1 aliphatic carbocycles. The van der Waals surface area contributed by atoms with E-state index >= 15 is 0 Å². The van der Waals surface area contributed by atoms with Crippen LogP contribution in [0.15, 0.2) is 30.3 Å². The molecule has 2 aromatic carbocycles. The number of nitrogens with two attached hydrogens (primary N) is 1. The van der Waals surface area contributed by atoms with Crippen LogP contribution in [0.1, 0.15) is 43.0 Å². The van der Waals surface area contributed by atoms with Crippen molar-refractivity contribution in [3.05, 3.63) is 63.7 Å². The van der Waals surface area contributed by atoms with Gasteiger partial charge in [0.25, 0.3) is 0 Å². The molecule has 0 unspecified atom stereocenters. The van der Waals surface area contributed by atoms with E-state index in [0.29, 0.717) is 27.9 Å². The van der Waals surface area contributed by atoms with Crippen LogP contribution in [0.4, 0.5) is 5.69 Å². The standard InChI is InChI=1S/C16H13NO2/c1-8-6-7-9(2)13-12(8)15(18)10-4-3-5-11(17)14(10)16(13)19/h3-7H,17H2,1-2H3. The predicted octanol–water partition coefficient (Wildman–Crippen LogP) is 2.66. The van der Waals surface area contributed by atoms with Crippen molar-refractivity contribution in [2.24, 2.45) is 0 Å². The Labute approximate surface area is 111 Å². The molecule has 0 fully saturated rings. The zero-order valence-electron chi connectivity index (χ0n) is 10.8. The molecule has 1 aliphatic rings. The average Bonchev–Trinajstić information content (AvgIpc) is 2.38. The van der Waals surface area contributed by atoms with Gasteiger partial charge in [-0.1, -0.05) is 24.3 Å². The van der Waals surface area contributed by atoms with Crippen LogP contribution in [0, 0.1) is 13.8 Å². The van der Waals surface area contributed by atoms with Gasteiger partial charge in [-0.05, 0) is 31.0 Å². The minimum Gasteiger partial charge on any atom is -0.398 e. The zero-order chi connectivity index (χ0) is 13.7. The average molecular weight is 251 g/mol. The van der Waals surface area contributed by atoms with Crippen LogP contribution >= 0.6 is 0 Å². The van der Waals surface area contributed by atoms with Crippen LogP contribution < -0.4 is 5.73 Å². The fourth-order valence-electron chi connectivity index (χ4n) is 2.67. The lowest BCUT2D eigenvalue weighted by Gasteiger charge is -2.21. The van der Waals surface area contributed by atoms with Crippen LogP contribution in [-0.2, 0) is 0 Å². The lowest BCUT2D eigenvalue weighted by molar-refractivity contribution is 0.0978. The van der Waals surface area contributed by atoms with Crippen molar-refractivity contribution in [3.8, 4) is 0 Å². The van der Waals surface area contributed by atoms with E-state index in [1.807, 2.05) is 26.0 Å². The molecule has 94 valence electrons. The van der Waals surface area contributed by atoms with Crippen molar-refractivity contribution >= 4 is 17.3 Å². The molecule has 0 spiro atoms. The lowest BCUT2D eigenvalue weighted by Crippen LogP contribution is -2.24. The molecule has 0 aliphatic heterocycles. The maximum absolute atomic E-state index is 12.6. The lowest BCUT2D eigenvalue weighted by atomic mass is 9.79. The number of aryl methyl sites for hydroxylation is 2. The van der Waals surface area contributed by atoms with Gasteiger partial charge in [0.2, 0.25) is 0 Å². The zero-order valence-corrected chi connectivity index (χ0v) is 10.8. The number of benzene rings is 2. The van der Waals surface area contributed by atoms with Crippen LogP contribution in [0.5, 0.6) is 0 Å². The molecule has 0 heterocycles. The Kier molecular flexibility index (Phi) is 2.32. The highest BCUT2D eigenvalue weighted by Crippen LogP contribution is 2.33. The molecule has 0 bridgehead atoms. The first kappa shape index (κ1) is 11.7. The van der Waals surface area contributed by atoms with Gasteiger partial charge in [-0.25, -0.2) is 0 Å². The van der Waals surface area contributed by atoms with Crippen LogP contribution in [0.25, 0.3) is 0 Å². The summed E-state index contributed by atoms with van der Waals surface area (Å²) in [5, 5.41) is 0. The summed E-state index contributed by atoms with van der Waals surface area (Å²) in [6.07, 6.45) is 0. The molecule has 0 amide bonds. The number of fused-ring (bicyclic) bond motifs is 2. The van der Waals surface area contributed by atoms with E-state index in [9.17, 15) is 9.59 Å². The van der Waals surface area contributed by atoms with Gasteiger partial charge >= 0.3 is 0 Å². The predicted molar refractivity (Wildman–Crippen MR) is 73.6 cm³/mol. The number of carbonyl (C=O) groups excluding carboxylic acids is 2. The third-order valence-corrected chi connectivity index (χ3v) is 3.64. The third kappa shape index (κ3) is 1.45. The first-order chi connectivity index (χ1) is 9.02. The van der Waals surface area contributed by atoms with Crippen LogP contribution in [0.2, 0.25) is 0 Å². The van der Waals surface area contributed by atoms with E-state index in [1.54, 1.807) is 18.2 Å². The van der Waals surface area contributed by atoms with Crippen molar-refractivity contribution in [1.29, 1.82) is 0 Å². The number of hydrogen-bond acceptors (Lipinski definition) is 3. The summed E-state index contributed by atoms with van der Waals surface area (Å²) in [5.74, 6) is -0.262. The molecule has 2 N–H and O–H groups in total. The molecule has 3 nitrogen and oxygen atoms in total. The van der Waals surface area contributed by atoms with Gasteiger partial charge in [-0.3, -0.25) is 9.59 Å². The monoisotopic (exact) mass is 251 g/mol. The summed E-state index contributed by atoms with van der Waals surface area (Å²) in [5.41, 5.74) is 9.63. The number of hydrogen-bond donors (Lipinski definition) is 1. The summed E-state index contributed by atoms with van der Waals surface area (Å²) in [6, 6.07) is 8.76. The fourth-order valence-corrected chi connectivity index (χ4v) is 2.67. The summed E-state index contributed by atoms with van der Waals surface area (Å²) in [6.45, 7) is 3.69. The second kappa shape index (κ2) is 3.79.